The summed E-state index contributed by atoms with van der Waals surface area (Å²) >= 11 is 0. The Balaban J connectivity index is 1.16. The number of hydrogen-bond donors (Lipinski definition) is 1. The highest BCUT2D eigenvalue weighted by atomic mass is 16.2. The summed E-state index contributed by atoms with van der Waals surface area (Å²) in [5, 5.41) is 5.60. The number of hydrazone groups is 1. The Morgan fingerprint density at radius 1 is 1.00 bits per heavy atom. The molecule has 1 N–H and O–H groups in total. The van der Waals surface area contributed by atoms with Crippen molar-refractivity contribution in [3.63, 3.8) is 0 Å². The molecule has 1 aromatic heterocycles. The second kappa shape index (κ2) is 10.4. The summed E-state index contributed by atoms with van der Waals surface area (Å²) in [6.45, 7) is 2.23. The lowest BCUT2D eigenvalue weighted by molar-refractivity contribution is -0.123. The van der Waals surface area contributed by atoms with Crippen molar-refractivity contribution in [2.24, 2.45) is 5.10 Å². The van der Waals surface area contributed by atoms with E-state index in [4.69, 9.17) is 0 Å². The number of aromatic nitrogens is 1. The van der Waals surface area contributed by atoms with Crippen LogP contribution in [0.4, 0.5) is 0 Å². The highest BCUT2D eigenvalue weighted by Gasteiger charge is 2.35. The van der Waals surface area contributed by atoms with Crippen LogP contribution in [0.3, 0.4) is 0 Å². The van der Waals surface area contributed by atoms with E-state index in [9.17, 15) is 4.79 Å². The molecule has 0 spiro atoms. The molecule has 3 aromatic rings. The van der Waals surface area contributed by atoms with Crippen LogP contribution in [0.15, 0.2) is 59.7 Å². The maximum Gasteiger partial charge on any atom is 0.254 e. The largest absolute Gasteiger partial charge is 0.342 e. The lowest BCUT2D eigenvalue weighted by atomic mass is 9.83. The maximum atomic E-state index is 12.7. The summed E-state index contributed by atoms with van der Waals surface area (Å²) in [4.78, 5) is 15.1. The summed E-state index contributed by atoms with van der Waals surface area (Å²) < 4.78 is 2.56. The Morgan fingerprint density at radius 2 is 1.86 bits per heavy atom. The minimum atomic E-state index is -0.0457. The normalized spacial score (nSPS) is 20.8. The number of nitrogens with one attached hydrogen (secondary N) is 1. The highest BCUT2D eigenvalue weighted by molar-refractivity contribution is 5.87. The van der Waals surface area contributed by atoms with Gasteiger partial charge in [0.15, 0.2) is 0 Å². The molecule has 1 saturated carbocycles. The van der Waals surface area contributed by atoms with Gasteiger partial charge in [-0.25, -0.2) is 5.43 Å². The zero-order valence-electron chi connectivity index (χ0n) is 21.0. The molecule has 36 heavy (non-hydrogen) atoms. The first-order chi connectivity index (χ1) is 17.8. The van der Waals surface area contributed by atoms with Gasteiger partial charge in [-0.15, -0.1) is 0 Å². The number of amides is 1. The zero-order valence-corrected chi connectivity index (χ0v) is 21.0. The fourth-order valence-corrected chi connectivity index (χ4v) is 6.66. The number of benzene rings is 2. The average Bonchev–Trinajstić information content (AvgIpc) is 3.25. The summed E-state index contributed by atoms with van der Waals surface area (Å²) in [7, 11) is 0. The molecule has 0 bridgehead atoms. The van der Waals surface area contributed by atoms with Gasteiger partial charge in [0.2, 0.25) is 0 Å². The van der Waals surface area contributed by atoms with Gasteiger partial charge in [0.25, 0.3) is 5.91 Å². The second-order valence-corrected chi connectivity index (χ2v) is 10.6. The van der Waals surface area contributed by atoms with Crippen LogP contribution in [0.2, 0.25) is 0 Å². The standard InChI is InChI=1S/C31H36N4O/c36-30(33-32-18-8-11-23-9-3-1-4-10-23)22-34-19-20-35-28-17-16-25(24-12-5-2-6-13-24)21-27(28)26-14-7-15-29(34)31(26)35/h1,3-4,8-11,16-18,21,24,29H,2,5-7,12-15,19-20,22H2,(H,33,36)/t29-/m1/s1. The molecule has 186 valence electrons. The predicted molar refractivity (Wildman–Crippen MR) is 147 cm³/mol. The van der Waals surface area contributed by atoms with E-state index in [0.717, 1.165) is 37.4 Å². The molecule has 1 fully saturated rings. The average molecular weight is 481 g/mol. The third-order valence-electron chi connectivity index (χ3n) is 8.37. The molecule has 1 aliphatic heterocycles. The van der Waals surface area contributed by atoms with Gasteiger partial charge in [-0.1, -0.05) is 61.7 Å². The van der Waals surface area contributed by atoms with Crippen molar-refractivity contribution < 1.29 is 4.79 Å². The number of carbonyl (C=O) groups excluding carboxylic acids is 1. The zero-order chi connectivity index (χ0) is 24.3. The molecular formula is C31H36N4O. The van der Waals surface area contributed by atoms with E-state index >= 15 is 0 Å². The second-order valence-electron chi connectivity index (χ2n) is 10.6. The Hall–Kier alpha value is -3.18. The minimum absolute atomic E-state index is 0.0457. The van der Waals surface area contributed by atoms with E-state index in [1.807, 2.05) is 42.5 Å². The van der Waals surface area contributed by atoms with E-state index < -0.39 is 0 Å². The lowest BCUT2D eigenvalue weighted by Crippen LogP contribution is -2.44. The molecule has 3 aliphatic rings. The Morgan fingerprint density at radius 3 is 2.72 bits per heavy atom. The molecular weight excluding hydrogens is 444 g/mol. The molecule has 6 rings (SSSR count). The fourth-order valence-electron chi connectivity index (χ4n) is 6.66. The molecule has 5 heteroatoms. The quantitative estimate of drug-likeness (QED) is 0.337. The van der Waals surface area contributed by atoms with Gasteiger partial charge in [-0.2, -0.15) is 5.10 Å². The number of nitrogens with zero attached hydrogens (tertiary/aromatic N) is 3. The van der Waals surface area contributed by atoms with E-state index in [1.165, 1.54) is 60.7 Å². The van der Waals surface area contributed by atoms with Gasteiger partial charge in [0.1, 0.15) is 0 Å². The van der Waals surface area contributed by atoms with Crippen LogP contribution in [0.5, 0.6) is 0 Å². The molecule has 2 aromatic carbocycles. The van der Waals surface area contributed by atoms with Crippen LogP contribution < -0.4 is 5.43 Å². The summed E-state index contributed by atoms with van der Waals surface area (Å²) in [5.41, 5.74) is 9.76. The van der Waals surface area contributed by atoms with Crippen LogP contribution in [0.25, 0.3) is 17.0 Å². The van der Waals surface area contributed by atoms with Crippen molar-refractivity contribution in [3.05, 3.63) is 77.0 Å². The Kier molecular flexibility index (Phi) is 6.73. The number of rotatable bonds is 6. The van der Waals surface area contributed by atoms with E-state index in [-0.39, 0.29) is 5.91 Å². The van der Waals surface area contributed by atoms with E-state index in [0.29, 0.717) is 12.6 Å². The smallest absolute Gasteiger partial charge is 0.254 e. The van der Waals surface area contributed by atoms with Crippen molar-refractivity contribution >= 4 is 29.1 Å². The van der Waals surface area contributed by atoms with Crippen LogP contribution in [-0.2, 0) is 17.8 Å². The van der Waals surface area contributed by atoms with Crippen LogP contribution >= 0.6 is 0 Å². The topological polar surface area (TPSA) is 49.6 Å². The third kappa shape index (κ3) is 4.64. The predicted octanol–water partition coefficient (Wildman–Crippen LogP) is 6.20. The van der Waals surface area contributed by atoms with Gasteiger partial charge < -0.3 is 4.57 Å². The van der Waals surface area contributed by atoms with Crippen molar-refractivity contribution in [1.29, 1.82) is 0 Å². The first-order valence-corrected chi connectivity index (χ1v) is 13.7. The van der Waals surface area contributed by atoms with E-state index in [2.05, 4.69) is 38.2 Å². The van der Waals surface area contributed by atoms with Crippen LogP contribution in [0.1, 0.15) is 79.3 Å². The molecule has 1 amide bonds. The molecule has 1 atom stereocenters. The monoisotopic (exact) mass is 480 g/mol. The van der Waals surface area contributed by atoms with Crippen molar-refractivity contribution in [3.8, 4) is 0 Å². The van der Waals surface area contributed by atoms with Crippen molar-refractivity contribution in [2.75, 3.05) is 13.1 Å². The number of allylic oxidation sites excluding steroid dienone is 1. The van der Waals surface area contributed by atoms with Crippen LogP contribution in [0, 0.1) is 0 Å². The number of fused-ring (bicyclic) bond motifs is 3. The molecule has 2 aliphatic carbocycles. The van der Waals surface area contributed by atoms with E-state index in [1.54, 1.807) is 11.8 Å². The van der Waals surface area contributed by atoms with Gasteiger partial charge in [-0.3, -0.25) is 9.69 Å². The number of carbonyl (C=O) groups is 1. The Labute approximate surface area is 213 Å². The third-order valence-corrected chi connectivity index (χ3v) is 8.37. The van der Waals surface area contributed by atoms with Gasteiger partial charge >= 0.3 is 0 Å². The van der Waals surface area contributed by atoms with Crippen molar-refractivity contribution in [2.45, 2.75) is 69.9 Å². The van der Waals surface area contributed by atoms with Gasteiger partial charge in [0.05, 0.1) is 12.6 Å². The van der Waals surface area contributed by atoms with Crippen LogP contribution in [-0.4, -0.2) is 34.7 Å². The SMILES string of the molecule is O=C(CN1CCn2c3c(c4cc(C5CCCCC5)ccc42)CCC[C@H]31)NN=CC=Cc1ccccc1. The first kappa shape index (κ1) is 23.2. The highest BCUT2D eigenvalue weighted by Crippen LogP contribution is 2.44. The van der Waals surface area contributed by atoms with Crippen molar-refractivity contribution in [1.82, 2.24) is 14.9 Å². The summed E-state index contributed by atoms with van der Waals surface area (Å²) in [6, 6.07) is 17.7. The Bertz CT molecular complexity index is 1280. The first-order valence-electron chi connectivity index (χ1n) is 13.7. The summed E-state index contributed by atoms with van der Waals surface area (Å²) in [5.74, 6) is 0.686. The minimum Gasteiger partial charge on any atom is -0.342 e. The molecule has 0 saturated heterocycles. The fraction of sp³-hybridized carbons (Fsp3) is 0.419. The lowest BCUT2D eigenvalue weighted by Gasteiger charge is -2.39. The molecule has 0 radical (unpaired) electrons. The molecule has 5 nitrogen and oxygen atoms in total. The number of aryl methyl sites for hydroxylation is 1. The molecule has 2 heterocycles. The molecule has 0 unspecified atom stereocenters. The maximum absolute atomic E-state index is 12.7. The van der Waals surface area contributed by atoms with Gasteiger partial charge in [-0.05, 0) is 72.9 Å². The summed E-state index contributed by atoms with van der Waals surface area (Å²) in [6.07, 6.45) is 15.7. The van der Waals surface area contributed by atoms with Gasteiger partial charge in [0, 0.05) is 35.9 Å². The number of hydrogen-bond acceptors (Lipinski definition) is 3.